The van der Waals surface area contributed by atoms with E-state index < -0.39 is 11.8 Å². The van der Waals surface area contributed by atoms with Gasteiger partial charge in [0.15, 0.2) is 11.3 Å². The predicted octanol–water partition coefficient (Wildman–Crippen LogP) is 2.20. The molecule has 36 heavy (non-hydrogen) atoms. The first-order valence-corrected chi connectivity index (χ1v) is 11.3. The number of amides is 2. The number of carbonyl (C=O) groups is 2. The molecule has 13 nitrogen and oxygen atoms in total. The van der Waals surface area contributed by atoms with Crippen LogP contribution < -0.4 is 10.6 Å². The number of rotatable bonds is 6. The van der Waals surface area contributed by atoms with E-state index in [1.807, 2.05) is 31.5 Å². The van der Waals surface area contributed by atoms with Crippen LogP contribution in [0.4, 0.5) is 11.4 Å². The Kier molecular flexibility index (Phi) is 5.59. The fourth-order valence-electron chi connectivity index (χ4n) is 4.01. The molecule has 0 aliphatic rings. The Morgan fingerprint density at radius 2 is 1.64 bits per heavy atom. The van der Waals surface area contributed by atoms with Crippen molar-refractivity contribution >= 4 is 28.8 Å². The van der Waals surface area contributed by atoms with Crippen LogP contribution >= 0.6 is 0 Å². The lowest BCUT2D eigenvalue weighted by Gasteiger charge is -2.08. The van der Waals surface area contributed by atoms with E-state index >= 15 is 0 Å². The number of aromatic nitrogens is 9. The van der Waals surface area contributed by atoms with E-state index in [0.29, 0.717) is 11.3 Å². The summed E-state index contributed by atoms with van der Waals surface area (Å²) < 4.78 is 6.55. The minimum absolute atomic E-state index is 0.147. The molecular formula is C23H25N11O2. The number of hydrogen-bond donors (Lipinski definition) is 2. The second-order valence-corrected chi connectivity index (χ2v) is 8.30. The monoisotopic (exact) mass is 487 g/mol. The van der Waals surface area contributed by atoms with Crippen molar-refractivity contribution < 1.29 is 9.59 Å². The van der Waals surface area contributed by atoms with Crippen molar-refractivity contribution in [3.05, 3.63) is 59.7 Å². The molecule has 0 saturated carbocycles. The summed E-state index contributed by atoms with van der Waals surface area (Å²) >= 11 is 0. The molecule has 0 fully saturated rings. The van der Waals surface area contributed by atoms with Gasteiger partial charge in [-0.2, -0.15) is 20.4 Å². The van der Waals surface area contributed by atoms with Crippen LogP contribution in [-0.2, 0) is 20.6 Å². The molecule has 0 unspecified atom stereocenters. The average Bonchev–Trinajstić information content (AvgIpc) is 3.62. The fraction of sp³-hybridized carbons (Fsp3) is 0.261. The molecule has 184 valence electrons. The first kappa shape index (κ1) is 23.0. The quantitative estimate of drug-likeness (QED) is 0.374. The molecule has 0 atom stereocenters. The molecule has 0 aromatic carbocycles. The van der Waals surface area contributed by atoms with E-state index in [4.69, 9.17) is 0 Å². The van der Waals surface area contributed by atoms with Gasteiger partial charge in [0.25, 0.3) is 11.8 Å². The lowest BCUT2D eigenvalue weighted by molar-refractivity contribution is 0.101. The summed E-state index contributed by atoms with van der Waals surface area (Å²) in [5.74, 6) is -0.921. The minimum atomic E-state index is -0.493. The maximum atomic E-state index is 13.1. The smallest absolute Gasteiger partial charge is 0.276 e. The van der Waals surface area contributed by atoms with Crippen molar-refractivity contribution in [1.82, 2.24) is 43.9 Å². The SMILES string of the molecule is CCn1ncc(-c2ccnc3cc(C(=O)Nc4cnn(C)c4C(=O)Nc4cnn(C)c4C)nn23)c1C. The van der Waals surface area contributed by atoms with Crippen LogP contribution in [0.5, 0.6) is 0 Å². The summed E-state index contributed by atoms with van der Waals surface area (Å²) in [4.78, 5) is 30.5. The largest absolute Gasteiger partial charge is 0.318 e. The van der Waals surface area contributed by atoms with Crippen LogP contribution in [-0.4, -0.2) is 55.8 Å². The van der Waals surface area contributed by atoms with Crippen molar-refractivity contribution in [1.29, 1.82) is 0 Å². The number of carbonyl (C=O) groups excluding carboxylic acids is 2. The van der Waals surface area contributed by atoms with Gasteiger partial charge in [-0.25, -0.2) is 9.50 Å². The summed E-state index contributed by atoms with van der Waals surface area (Å²) in [5, 5.41) is 22.7. The van der Waals surface area contributed by atoms with Crippen molar-refractivity contribution in [2.75, 3.05) is 10.6 Å². The topological polar surface area (TPSA) is 142 Å². The number of hydrogen-bond acceptors (Lipinski definition) is 7. The highest BCUT2D eigenvalue weighted by Crippen LogP contribution is 2.24. The molecule has 5 heterocycles. The zero-order valence-corrected chi connectivity index (χ0v) is 20.5. The minimum Gasteiger partial charge on any atom is -0.318 e. The number of anilines is 2. The number of nitrogens with one attached hydrogen (secondary N) is 2. The van der Waals surface area contributed by atoms with Gasteiger partial charge >= 0.3 is 0 Å². The summed E-state index contributed by atoms with van der Waals surface area (Å²) in [5.41, 5.74) is 5.13. The van der Waals surface area contributed by atoms with Gasteiger partial charge in [0.1, 0.15) is 5.69 Å². The van der Waals surface area contributed by atoms with Gasteiger partial charge in [-0.1, -0.05) is 0 Å². The summed E-state index contributed by atoms with van der Waals surface area (Å²) in [6, 6.07) is 3.42. The third-order valence-corrected chi connectivity index (χ3v) is 6.15. The Hall–Kier alpha value is -4.81. The molecule has 0 bridgehead atoms. The highest BCUT2D eigenvalue weighted by Gasteiger charge is 2.22. The molecule has 0 radical (unpaired) electrons. The van der Waals surface area contributed by atoms with Crippen LogP contribution in [0, 0.1) is 13.8 Å². The predicted molar refractivity (Wildman–Crippen MR) is 132 cm³/mol. The fourth-order valence-corrected chi connectivity index (χ4v) is 4.01. The summed E-state index contributed by atoms with van der Waals surface area (Å²) in [6.45, 7) is 6.59. The normalized spacial score (nSPS) is 11.2. The zero-order chi connectivity index (χ0) is 25.6. The highest BCUT2D eigenvalue weighted by molar-refractivity contribution is 6.11. The lowest BCUT2D eigenvalue weighted by Crippen LogP contribution is -2.20. The van der Waals surface area contributed by atoms with Crippen molar-refractivity contribution in [3.63, 3.8) is 0 Å². The lowest BCUT2D eigenvalue weighted by atomic mass is 10.2. The van der Waals surface area contributed by atoms with Gasteiger partial charge < -0.3 is 10.6 Å². The van der Waals surface area contributed by atoms with Crippen molar-refractivity contribution in [2.24, 2.45) is 14.1 Å². The highest BCUT2D eigenvalue weighted by atomic mass is 16.2. The third-order valence-electron chi connectivity index (χ3n) is 6.15. The second-order valence-electron chi connectivity index (χ2n) is 8.30. The molecule has 0 aliphatic heterocycles. The molecule has 2 amide bonds. The van der Waals surface area contributed by atoms with Crippen LogP contribution in [0.2, 0.25) is 0 Å². The van der Waals surface area contributed by atoms with E-state index in [0.717, 1.165) is 29.2 Å². The van der Waals surface area contributed by atoms with E-state index in [-0.39, 0.29) is 17.1 Å². The third kappa shape index (κ3) is 3.79. The van der Waals surface area contributed by atoms with Crippen LogP contribution in [0.1, 0.15) is 39.3 Å². The van der Waals surface area contributed by atoms with Crippen LogP contribution in [0.15, 0.2) is 36.9 Å². The summed E-state index contributed by atoms with van der Waals surface area (Å²) in [7, 11) is 3.41. The maximum absolute atomic E-state index is 13.1. The van der Waals surface area contributed by atoms with Crippen LogP contribution in [0.25, 0.3) is 16.9 Å². The van der Waals surface area contributed by atoms with Crippen molar-refractivity contribution in [2.45, 2.75) is 27.3 Å². The Labute approximate surface area is 205 Å². The number of aryl methyl sites for hydroxylation is 3. The molecule has 0 spiro atoms. The van der Waals surface area contributed by atoms with Gasteiger partial charge in [0.05, 0.1) is 41.4 Å². The molecule has 5 aromatic heterocycles. The van der Waals surface area contributed by atoms with Gasteiger partial charge in [0, 0.05) is 44.2 Å². The average molecular weight is 488 g/mol. The summed E-state index contributed by atoms with van der Waals surface area (Å²) in [6.07, 6.45) is 6.43. The Balaban J connectivity index is 1.43. The first-order valence-electron chi connectivity index (χ1n) is 11.3. The van der Waals surface area contributed by atoms with E-state index in [9.17, 15) is 9.59 Å². The first-order chi connectivity index (χ1) is 17.3. The molecule has 13 heteroatoms. The molecule has 5 rings (SSSR count). The Morgan fingerprint density at radius 3 is 2.33 bits per heavy atom. The molecule has 0 saturated heterocycles. The Morgan fingerprint density at radius 1 is 0.917 bits per heavy atom. The van der Waals surface area contributed by atoms with Gasteiger partial charge in [-0.3, -0.25) is 23.6 Å². The standard InChI is InChI=1S/C23H25N11O2/c1-6-33-13(2)15(10-27-33)19-7-8-24-20-9-16(30-34(19)20)22(35)29-18-12-26-32(5)21(18)23(36)28-17-11-25-31(4)14(17)3/h7-12H,6H2,1-5H3,(H,28,36)(H,29,35). The second kappa shape index (κ2) is 8.76. The van der Waals surface area contributed by atoms with E-state index in [1.54, 1.807) is 47.9 Å². The zero-order valence-electron chi connectivity index (χ0n) is 20.5. The molecule has 5 aromatic rings. The van der Waals surface area contributed by atoms with Gasteiger partial charge in [0.2, 0.25) is 0 Å². The van der Waals surface area contributed by atoms with Gasteiger partial charge in [-0.05, 0) is 26.8 Å². The molecular weight excluding hydrogens is 462 g/mol. The number of fused-ring (bicyclic) bond motifs is 1. The Bertz CT molecular complexity index is 1620. The molecule has 2 N–H and O–H groups in total. The van der Waals surface area contributed by atoms with Crippen molar-refractivity contribution in [3.8, 4) is 11.3 Å². The van der Waals surface area contributed by atoms with Gasteiger partial charge in [-0.15, -0.1) is 0 Å². The molecule has 0 aliphatic carbocycles. The van der Waals surface area contributed by atoms with Crippen LogP contribution in [0.3, 0.4) is 0 Å². The number of nitrogens with zero attached hydrogens (tertiary/aromatic N) is 9. The maximum Gasteiger partial charge on any atom is 0.276 e. The van der Waals surface area contributed by atoms with E-state index in [2.05, 4.69) is 36.0 Å². The van der Waals surface area contributed by atoms with E-state index in [1.165, 1.54) is 10.9 Å².